The predicted molar refractivity (Wildman–Crippen MR) is 112 cm³/mol. The van der Waals surface area contributed by atoms with Crippen LogP contribution in [0.4, 0.5) is 0 Å². The van der Waals surface area contributed by atoms with Crippen molar-refractivity contribution in [2.45, 2.75) is 78.3 Å². The topological polar surface area (TPSA) is 80.7 Å². The van der Waals surface area contributed by atoms with Gasteiger partial charge in [0.1, 0.15) is 5.78 Å². The largest absolute Gasteiger partial charge is 0.331 e. The number of carbonyl (C=O) groups excluding carboxylic acids is 2. The molecule has 0 aromatic rings. The first-order valence-electron chi connectivity index (χ1n) is 11.3. The predicted octanol–water partition coefficient (Wildman–Crippen LogP) is 4.92. The summed E-state index contributed by atoms with van der Waals surface area (Å²) in [6.45, 7) is 8.01. The van der Waals surface area contributed by atoms with Gasteiger partial charge >= 0.3 is 7.60 Å². The maximum atomic E-state index is 13.0. The van der Waals surface area contributed by atoms with Gasteiger partial charge in [0, 0.05) is 12.3 Å². The van der Waals surface area contributed by atoms with Crippen LogP contribution in [0.5, 0.6) is 0 Å². The number of carbonyl (C=O) groups is 2. The molecule has 3 saturated carbocycles. The highest BCUT2D eigenvalue weighted by molar-refractivity contribution is 7.53. The van der Waals surface area contributed by atoms with E-state index in [0.29, 0.717) is 24.7 Å². The first-order chi connectivity index (χ1) is 13.5. The van der Waals surface area contributed by atoms with Gasteiger partial charge in [-0.05, 0) is 87.0 Å². The third-order valence-electron chi connectivity index (χ3n) is 9.16. The van der Waals surface area contributed by atoms with Crippen molar-refractivity contribution in [1.82, 2.24) is 0 Å². The molecule has 0 spiro atoms. The van der Waals surface area contributed by atoms with E-state index in [2.05, 4.69) is 13.8 Å². The van der Waals surface area contributed by atoms with Crippen LogP contribution in [0, 0.1) is 34.5 Å². The second kappa shape index (κ2) is 7.14. The minimum atomic E-state index is -3.84. The van der Waals surface area contributed by atoms with Crippen molar-refractivity contribution in [2.75, 3.05) is 6.61 Å². The smallest absolute Gasteiger partial charge is 0.324 e. The molecule has 0 heterocycles. The molecule has 1 unspecified atom stereocenters. The highest BCUT2D eigenvalue weighted by Crippen LogP contribution is 2.71. The molecular formula is C23H35O5P. The summed E-state index contributed by atoms with van der Waals surface area (Å²) >= 11 is 0. The van der Waals surface area contributed by atoms with E-state index in [4.69, 9.17) is 4.52 Å². The second-order valence-electron chi connectivity index (χ2n) is 10.4. The Morgan fingerprint density at radius 3 is 2.62 bits per heavy atom. The first-order valence-corrected chi connectivity index (χ1v) is 12.9. The van der Waals surface area contributed by atoms with Gasteiger partial charge < -0.3 is 9.42 Å². The van der Waals surface area contributed by atoms with Gasteiger partial charge in [0.2, 0.25) is 0 Å². The van der Waals surface area contributed by atoms with Crippen molar-refractivity contribution in [3.8, 4) is 0 Å². The number of rotatable bonds is 4. The lowest BCUT2D eigenvalue weighted by atomic mass is 9.46. The zero-order valence-electron chi connectivity index (χ0n) is 18.1. The van der Waals surface area contributed by atoms with Gasteiger partial charge in [-0.2, -0.15) is 0 Å². The van der Waals surface area contributed by atoms with Crippen molar-refractivity contribution < 1.29 is 23.6 Å². The third kappa shape index (κ3) is 3.15. The molecule has 0 amide bonds. The van der Waals surface area contributed by atoms with Gasteiger partial charge in [0.15, 0.2) is 5.78 Å². The van der Waals surface area contributed by atoms with Crippen LogP contribution in [-0.4, -0.2) is 28.7 Å². The maximum Gasteiger partial charge on any atom is 0.331 e. The Bertz CT molecular complexity index is 803. The van der Waals surface area contributed by atoms with E-state index < -0.39 is 19.2 Å². The van der Waals surface area contributed by atoms with E-state index >= 15 is 0 Å². The summed E-state index contributed by atoms with van der Waals surface area (Å²) in [4.78, 5) is 35.4. The van der Waals surface area contributed by atoms with Crippen LogP contribution in [0.2, 0.25) is 0 Å². The van der Waals surface area contributed by atoms with Crippen LogP contribution in [0.25, 0.3) is 0 Å². The van der Waals surface area contributed by atoms with Crippen molar-refractivity contribution >= 4 is 19.2 Å². The average Bonchev–Trinajstić information content (AvgIpc) is 2.96. The van der Waals surface area contributed by atoms with Crippen molar-refractivity contribution in [1.29, 1.82) is 0 Å². The van der Waals surface area contributed by atoms with Crippen molar-refractivity contribution in [3.63, 3.8) is 0 Å². The molecule has 8 atom stereocenters. The molecule has 3 fully saturated rings. The quantitative estimate of drug-likeness (QED) is 0.650. The molecule has 0 aliphatic heterocycles. The Kier molecular flexibility index (Phi) is 5.28. The molecule has 6 heteroatoms. The van der Waals surface area contributed by atoms with E-state index in [9.17, 15) is 19.0 Å². The van der Waals surface area contributed by atoms with Gasteiger partial charge in [-0.1, -0.05) is 19.4 Å². The van der Waals surface area contributed by atoms with Crippen LogP contribution in [0.15, 0.2) is 11.6 Å². The van der Waals surface area contributed by atoms with Crippen LogP contribution < -0.4 is 0 Å². The van der Waals surface area contributed by atoms with Crippen LogP contribution in [0.1, 0.15) is 72.6 Å². The molecule has 1 N–H and O–H groups in total. The molecule has 0 bridgehead atoms. The lowest BCUT2D eigenvalue weighted by molar-refractivity contribution is -0.128. The molecule has 0 radical (unpaired) electrons. The van der Waals surface area contributed by atoms with Crippen molar-refractivity contribution in [3.05, 3.63) is 11.6 Å². The van der Waals surface area contributed by atoms with Crippen molar-refractivity contribution in [2.24, 2.45) is 34.5 Å². The zero-order valence-corrected chi connectivity index (χ0v) is 19.0. The Balaban J connectivity index is 1.71. The molecule has 29 heavy (non-hydrogen) atoms. The van der Waals surface area contributed by atoms with Crippen LogP contribution in [0.3, 0.4) is 0 Å². The molecule has 162 valence electrons. The molecular weight excluding hydrogens is 387 g/mol. The normalized spacial score (nSPS) is 46.2. The van der Waals surface area contributed by atoms with Gasteiger partial charge in [0.25, 0.3) is 0 Å². The van der Waals surface area contributed by atoms with Gasteiger partial charge in [-0.25, -0.2) is 0 Å². The average molecular weight is 423 g/mol. The standard InChI is InChI=1S/C23H35O5P/c1-5-28-29(26,27)20-13-19-17-7-6-15-12-16(25)8-10-22(15,3)18(17)9-11-23(19,4)21(20)14(2)24/h12,17-21H,5-11,13H2,1-4H3,(H,26,27)/t17-,18+,19+,20-,21+,22+,23+/m1/s1. The lowest BCUT2D eigenvalue weighted by Crippen LogP contribution is -2.51. The summed E-state index contributed by atoms with van der Waals surface area (Å²) in [5.41, 5.74) is 0.546. The maximum absolute atomic E-state index is 13.0. The van der Waals surface area contributed by atoms with E-state index in [-0.39, 0.29) is 34.9 Å². The minimum absolute atomic E-state index is 0.0262. The van der Waals surface area contributed by atoms with E-state index in [0.717, 1.165) is 32.1 Å². The van der Waals surface area contributed by atoms with E-state index in [1.165, 1.54) is 5.57 Å². The summed E-state index contributed by atoms with van der Waals surface area (Å²) in [7, 11) is -3.84. The Labute approximate surface area is 174 Å². The van der Waals surface area contributed by atoms with Gasteiger partial charge in [-0.15, -0.1) is 0 Å². The fourth-order valence-corrected chi connectivity index (χ4v) is 9.89. The number of ketones is 2. The molecule has 4 aliphatic rings. The van der Waals surface area contributed by atoms with Crippen LogP contribution >= 0.6 is 7.60 Å². The summed E-state index contributed by atoms with van der Waals surface area (Å²) in [6, 6.07) is 0. The highest BCUT2D eigenvalue weighted by Gasteiger charge is 2.65. The van der Waals surface area contributed by atoms with Gasteiger partial charge in [-0.3, -0.25) is 14.2 Å². The van der Waals surface area contributed by atoms with E-state index in [1.54, 1.807) is 13.8 Å². The fourth-order valence-electron chi connectivity index (χ4n) is 7.91. The van der Waals surface area contributed by atoms with Gasteiger partial charge in [0.05, 0.1) is 12.3 Å². The zero-order chi connectivity index (χ0) is 21.2. The summed E-state index contributed by atoms with van der Waals surface area (Å²) in [5, 5.41) is 0. The number of fused-ring (bicyclic) bond motifs is 5. The molecule has 4 rings (SSSR count). The molecule has 4 aliphatic carbocycles. The number of allylic oxidation sites excluding steroid dienone is 1. The number of hydrogen-bond donors (Lipinski definition) is 1. The second-order valence-corrected chi connectivity index (χ2v) is 12.4. The molecule has 5 nitrogen and oxygen atoms in total. The highest BCUT2D eigenvalue weighted by atomic mass is 31.2. The molecule has 0 saturated heterocycles. The van der Waals surface area contributed by atoms with E-state index in [1.807, 2.05) is 6.08 Å². The Hall–Kier alpha value is -0.770. The summed E-state index contributed by atoms with van der Waals surface area (Å²) < 4.78 is 18.3. The summed E-state index contributed by atoms with van der Waals surface area (Å²) in [5.74, 6) is 1.07. The molecule has 0 aromatic heterocycles. The number of Topliss-reactive ketones (excluding diaryl/α,β-unsaturated/α-hetero) is 1. The Morgan fingerprint density at radius 2 is 1.97 bits per heavy atom. The molecule has 0 aromatic carbocycles. The minimum Gasteiger partial charge on any atom is -0.324 e. The fraction of sp³-hybridized carbons (Fsp3) is 0.826. The summed E-state index contributed by atoms with van der Waals surface area (Å²) in [6.07, 6.45) is 7.93. The monoisotopic (exact) mass is 422 g/mol. The van der Waals surface area contributed by atoms with Crippen LogP contribution in [-0.2, 0) is 18.7 Å². The first kappa shape index (κ1) is 21.5. The lowest BCUT2D eigenvalue weighted by Gasteiger charge is -2.58. The third-order valence-corrected chi connectivity index (χ3v) is 11.1. The Morgan fingerprint density at radius 1 is 1.24 bits per heavy atom. The SMILES string of the molecule is CCOP(=O)(O)[C@@H]1C[C@H]2[C@@H]3CCC4=CC(=O)CC[C@]4(C)[C@H]3CC[C@]2(C)[C@H]1C(C)=O. The number of hydrogen-bond acceptors (Lipinski definition) is 4.